The van der Waals surface area contributed by atoms with Crippen LogP contribution in [0.2, 0.25) is 5.02 Å². The lowest BCUT2D eigenvalue weighted by molar-refractivity contribution is 0.0600. The van der Waals surface area contributed by atoms with Crippen LogP contribution in [0, 0.1) is 0 Å². The summed E-state index contributed by atoms with van der Waals surface area (Å²) >= 11 is 5.95. The third-order valence-electron chi connectivity index (χ3n) is 3.17. The largest absolute Gasteiger partial charge is 0.465 e. The van der Waals surface area contributed by atoms with E-state index in [2.05, 4.69) is 9.46 Å². The fourth-order valence-corrected chi connectivity index (χ4v) is 3.66. The minimum Gasteiger partial charge on any atom is -0.465 e. The Morgan fingerprint density at radius 2 is 2.29 bits per heavy atom. The van der Waals surface area contributed by atoms with E-state index in [1.807, 2.05) is 0 Å². The number of sulfonamides is 1. The average molecular weight is 334 g/mol. The van der Waals surface area contributed by atoms with Gasteiger partial charge >= 0.3 is 5.97 Å². The van der Waals surface area contributed by atoms with Crippen molar-refractivity contribution in [2.45, 2.75) is 23.8 Å². The molecule has 1 aliphatic rings. The smallest absolute Gasteiger partial charge is 0.337 e. The number of benzene rings is 1. The number of ether oxygens (including phenoxy) is 2. The first-order valence-electron chi connectivity index (χ1n) is 6.43. The maximum Gasteiger partial charge on any atom is 0.337 e. The SMILES string of the molecule is COC(=O)c1ccc(S(=O)(=O)NC[C@H]2CCCO2)c(Cl)c1. The molecule has 21 heavy (non-hydrogen) atoms. The molecule has 0 amide bonds. The quantitative estimate of drug-likeness (QED) is 0.827. The summed E-state index contributed by atoms with van der Waals surface area (Å²) in [6.07, 6.45) is 1.66. The standard InChI is InChI=1S/C13H16ClNO5S/c1-19-13(16)9-4-5-12(11(14)7-9)21(17,18)15-8-10-3-2-6-20-10/h4-5,7,10,15H,2-3,6,8H2,1H3/t10-/m1/s1. The van der Waals surface area contributed by atoms with Gasteiger partial charge in [-0.2, -0.15) is 0 Å². The summed E-state index contributed by atoms with van der Waals surface area (Å²) in [6, 6.07) is 3.92. The van der Waals surface area contributed by atoms with E-state index in [1.54, 1.807) is 0 Å². The lowest BCUT2D eigenvalue weighted by Crippen LogP contribution is -2.32. The number of methoxy groups -OCH3 is 1. The van der Waals surface area contributed by atoms with Crippen LogP contribution in [-0.2, 0) is 19.5 Å². The summed E-state index contributed by atoms with van der Waals surface area (Å²) in [4.78, 5) is 11.3. The molecule has 1 atom stereocenters. The third-order valence-corrected chi connectivity index (χ3v) is 5.07. The van der Waals surface area contributed by atoms with Crippen LogP contribution in [0.15, 0.2) is 23.1 Å². The Morgan fingerprint density at radius 3 is 2.86 bits per heavy atom. The van der Waals surface area contributed by atoms with Gasteiger partial charge in [-0.15, -0.1) is 0 Å². The van der Waals surface area contributed by atoms with Crippen LogP contribution in [0.25, 0.3) is 0 Å². The number of nitrogens with one attached hydrogen (secondary N) is 1. The molecule has 0 saturated carbocycles. The Bertz CT molecular complexity index is 625. The van der Waals surface area contributed by atoms with Gasteiger partial charge in [0.1, 0.15) is 4.90 Å². The third kappa shape index (κ3) is 3.94. The Hall–Kier alpha value is -1.15. The normalized spacial score (nSPS) is 18.7. The van der Waals surface area contributed by atoms with E-state index in [0.717, 1.165) is 12.8 Å². The summed E-state index contributed by atoms with van der Waals surface area (Å²) in [5, 5.41) is -0.0299. The number of carbonyl (C=O) groups is 1. The molecule has 1 aromatic rings. The number of hydrogen-bond acceptors (Lipinski definition) is 5. The van der Waals surface area contributed by atoms with Crippen LogP contribution in [0.5, 0.6) is 0 Å². The van der Waals surface area contributed by atoms with Crippen molar-refractivity contribution in [1.29, 1.82) is 0 Å². The van der Waals surface area contributed by atoms with Gasteiger partial charge in [-0.3, -0.25) is 0 Å². The average Bonchev–Trinajstić information content (AvgIpc) is 2.97. The molecule has 6 nitrogen and oxygen atoms in total. The minimum atomic E-state index is -3.74. The van der Waals surface area contributed by atoms with E-state index < -0.39 is 16.0 Å². The summed E-state index contributed by atoms with van der Waals surface area (Å²) in [7, 11) is -2.50. The van der Waals surface area contributed by atoms with E-state index in [-0.39, 0.29) is 28.1 Å². The van der Waals surface area contributed by atoms with E-state index in [1.165, 1.54) is 25.3 Å². The fourth-order valence-electron chi connectivity index (χ4n) is 2.05. The van der Waals surface area contributed by atoms with Gasteiger partial charge in [-0.25, -0.2) is 17.9 Å². The highest BCUT2D eigenvalue weighted by Gasteiger charge is 2.22. The van der Waals surface area contributed by atoms with Crippen molar-refractivity contribution in [1.82, 2.24) is 4.72 Å². The second-order valence-corrected chi connectivity index (χ2v) is 6.77. The summed E-state index contributed by atoms with van der Waals surface area (Å²) in [5.74, 6) is -0.576. The van der Waals surface area contributed by atoms with E-state index in [0.29, 0.717) is 6.61 Å². The van der Waals surface area contributed by atoms with Crippen LogP contribution in [0.4, 0.5) is 0 Å². The molecule has 1 fully saturated rings. The van der Waals surface area contributed by atoms with Crippen molar-refractivity contribution in [3.05, 3.63) is 28.8 Å². The van der Waals surface area contributed by atoms with E-state index >= 15 is 0 Å². The first-order chi connectivity index (χ1) is 9.94. The van der Waals surface area contributed by atoms with Crippen LogP contribution < -0.4 is 4.72 Å². The minimum absolute atomic E-state index is 0.0299. The number of halogens is 1. The topological polar surface area (TPSA) is 81.7 Å². The molecule has 0 unspecified atom stereocenters. The zero-order chi connectivity index (χ0) is 15.5. The molecule has 2 rings (SSSR count). The monoisotopic (exact) mass is 333 g/mol. The second-order valence-electron chi connectivity index (χ2n) is 4.62. The number of carbonyl (C=O) groups excluding carboxylic acids is 1. The Kier molecular flexibility index (Phi) is 5.21. The summed E-state index contributed by atoms with van der Waals surface area (Å²) < 4.78 is 36.8. The van der Waals surface area contributed by atoms with Gasteiger partial charge in [0.15, 0.2) is 0 Å². The van der Waals surface area contributed by atoms with Crippen LogP contribution in [0.3, 0.4) is 0 Å². The lowest BCUT2D eigenvalue weighted by Gasteiger charge is -2.12. The van der Waals surface area contributed by atoms with Crippen molar-refractivity contribution in [2.75, 3.05) is 20.3 Å². The molecule has 0 radical (unpaired) electrons. The molecule has 0 aliphatic carbocycles. The molecule has 0 bridgehead atoms. The van der Waals surface area contributed by atoms with Gasteiger partial charge in [-0.05, 0) is 31.0 Å². The van der Waals surface area contributed by atoms with Crippen molar-refractivity contribution in [3.63, 3.8) is 0 Å². The molecule has 1 aromatic carbocycles. The molecule has 1 saturated heterocycles. The number of hydrogen-bond donors (Lipinski definition) is 1. The van der Waals surface area contributed by atoms with Gasteiger partial charge in [0.25, 0.3) is 0 Å². The predicted octanol–water partition coefficient (Wildman–Crippen LogP) is 1.58. The van der Waals surface area contributed by atoms with Crippen molar-refractivity contribution >= 4 is 27.6 Å². The molecule has 1 heterocycles. The highest BCUT2D eigenvalue weighted by molar-refractivity contribution is 7.89. The zero-order valence-electron chi connectivity index (χ0n) is 11.5. The first kappa shape index (κ1) is 16.2. The number of esters is 1. The van der Waals surface area contributed by atoms with Crippen molar-refractivity contribution in [3.8, 4) is 0 Å². The molecule has 8 heteroatoms. The van der Waals surface area contributed by atoms with Gasteiger partial charge in [0, 0.05) is 13.2 Å². The van der Waals surface area contributed by atoms with Crippen molar-refractivity contribution < 1.29 is 22.7 Å². The molecule has 0 spiro atoms. The number of rotatable bonds is 5. The Labute approximate surface area is 128 Å². The summed E-state index contributed by atoms with van der Waals surface area (Å²) in [6.45, 7) is 0.860. The van der Waals surface area contributed by atoms with E-state index in [4.69, 9.17) is 16.3 Å². The Balaban J connectivity index is 2.13. The van der Waals surface area contributed by atoms with Crippen LogP contribution in [-0.4, -0.2) is 40.8 Å². The molecular weight excluding hydrogens is 318 g/mol. The molecule has 1 aliphatic heterocycles. The molecule has 1 N–H and O–H groups in total. The highest BCUT2D eigenvalue weighted by Crippen LogP contribution is 2.23. The fraction of sp³-hybridized carbons (Fsp3) is 0.462. The van der Waals surface area contributed by atoms with Crippen LogP contribution in [0.1, 0.15) is 23.2 Å². The maximum atomic E-state index is 12.2. The van der Waals surface area contributed by atoms with Gasteiger partial charge in [-0.1, -0.05) is 11.6 Å². The second kappa shape index (κ2) is 6.74. The zero-order valence-corrected chi connectivity index (χ0v) is 13.0. The van der Waals surface area contributed by atoms with E-state index in [9.17, 15) is 13.2 Å². The highest BCUT2D eigenvalue weighted by atomic mass is 35.5. The van der Waals surface area contributed by atoms with Gasteiger partial charge in [0.05, 0.1) is 23.8 Å². The Morgan fingerprint density at radius 1 is 1.52 bits per heavy atom. The van der Waals surface area contributed by atoms with Gasteiger partial charge < -0.3 is 9.47 Å². The predicted molar refractivity (Wildman–Crippen MR) is 77.0 cm³/mol. The molecule has 116 valence electrons. The first-order valence-corrected chi connectivity index (χ1v) is 8.29. The van der Waals surface area contributed by atoms with Crippen molar-refractivity contribution in [2.24, 2.45) is 0 Å². The van der Waals surface area contributed by atoms with Crippen LogP contribution >= 0.6 is 11.6 Å². The molecule has 0 aromatic heterocycles. The van der Waals surface area contributed by atoms with Gasteiger partial charge in [0.2, 0.25) is 10.0 Å². The lowest BCUT2D eigenvalue weighted by atomic mass is 10.2. The maximum absolute atomic E-state index is 12.2. The summed E-state index contributed by atoms with van der Waals surface area (Å²) in [5.41, 5.74) is 0.195. The molecular formula is C13H16ClNO5S.